The molecule has 18 heavy (non-hydrogen) atoms. The number of aromatic nitrogens is 1. The molecule has 0 radical (unpaired) electrons. The molecule has 1 unspecified atom stereocenters. The molecule has 1 aliphatic heterocycles. The highest BCUT2D eigenvalue weighted by Crippen LogP contribution is 2.42. The third kappa shape index (κ3) is 2.04. The van der Waals surface area contributed by atoms with E-state index < -0.39 is 0 Å². The third-order valence-electron chi connectivity index (χ3n) is 3.74. The first kappa shape index (κ1) is 12.1. The second kappa shape index (κ2) is 4.28. The summed E-state index contributed by atoms with van der Waals surface area (Å²) >= 11 is 1.61. The van der Waals surface area contributed by atoms with Crippen molar-refractivity contribution in [3.63, 3.8) is 0 Å². The summed E-state index contributed by atoms with van der Waals surface area (Å²) in [6, 6.07) is 5.10. The maximum absolute atomic E-state index is 13.2. The van der Waals surface area contributed by atoms with Gasteiger partial charge >= 0.3 is 0 Å². The molecule has 4 heteroatoms. The molecule has 1 atom stereocenters. The van der Waals surface area contributed by atoms with Crippen LogP contribution in [0.5, 0.6) is 0 Å². The summed E-state index contributed by atoms with van der Waals surface area (Å²) in [6.45, 7) is 5.59. The van der Waals surface area contributed by atoms with E-state index in [0.717, 1.165) is 21.8 Å². The lowest BCUT2D eigenvalue weighted by atomic mass is 9.78. The first-order chi connectivity index (χ1) is 8.56. The van der Waals surface area contributed by atoms with Crippen molar-refractivity contribution in [2.75, 3.05) is 6.54 Å². The van der Waals surface area contributed by atoms with Crippen molar-refractivity contribution < 1.29 is 4.39 Å². The zero-order valence-electron chi connectivity index (χ0n) is 10.7. The smallest absolute Gasteiger partial charge is 0.124 e. The van der Waals surface area contributed by atoms with Crippen LogP contribution in [0.1, 0.15) is 37.7 Å². The number of nitrogens with one attached hydrogen (secondary N) is 1. The lowest BCUT2D eigenvalue weighted by Gasteiger charge is -2.38. The highest BCUT2D eigenvalue weighted by atomic mass is 32.1. The van der Waals surface area contributed by atoms with Crippen molar-refractivity contribution in [1.29, 1.82) is 0 Å². The van der Waals surface area contributed by atoms with Crippen molar-refractivity contribution in [2.45, 2.75) is 32.7 Å². The summed E-state index contributed by atoms with van der Waals surface area (Å²) in [5.74, 6) is -0.187. The number of benzene rings is 1. The van der Waals surface area contributed by atoms with Gasteiger partial charge < -0.3 is 5.32 Å². The predicted molar refractivity (Wildman–Crippen MR) is 73.3 cm³/mol. The van der Waals surface area contributed by atoms with Gasteiger partial charge in [-0.15, -0.1) is 11.3 Å². The molecule has 1 aromatic carbocycles. The second-order valence-electron chi connectivity index (χ2n) is 5.64. The van der Waals surface area contributed by atoms with Crippen molar-refractivity contribution in [3.05, 3.63) is 29.0 Å². The van der Waals surface area contributed by atoms with Gasteiger partial charge in [0.05, 0.1) is 16.3 Å². The van der Waals surface area contributed by atoms with E-state index in [-0.39, 0.29) is 17.3 Å². The summed E-state index contributed by atoms with van der Waals surface area (Å²) in [7, 11) is 0. The highest BCUT2D eigenvalue weighted by molar-refractivity contribution is 7.18. The number of hydrogen-bond acceptors (Lipinski definition) is 3. The molecular weight excluding hydrogens is 247 g/mol. The molecule has 0 spiro atoms. The molecule has 0 aliphatic carbocycles. The Morgan fingerprint density at radius 3 is 3.06 bits per heavy atom. The molecule has 2 heterocycles. The monoisotopic (exact) mass is 264 g/mol. The Balaban J connectivity index is 2.03. The molecule has 1 saturated heterocycles. The van der Waals surface area contributed by atoms with Crippen LogP contribution in [0.25, 0.3) is 10.2 Å². The van der Waals surface area contributed by atoms with Crippen LogP contribution in [0.2, 0.25) is 0 Å². The van der Waals surface area contributed by atoms with Gasteiger partial charge in [-0.25, -0.2) is 9.37 Å². The van der Waals surface area contributed by atoms with Crippen molar-refractivity contribution in [1.82, 2.24) is 10.3 Å². The zero-order valence-corrected chi connectivity index (χ0v) is 11.5. The van der Waals surface area contributed by atoms with Gasteiger partial charge in [0.2, 0.25) is 0 Å². The summed E-state index contributed by atoms with van der Waals surface area (Å²) in [5.41, 5.74) is 1.12. The van der Waals surface area contributed by atoms with Gasteiger partial charge in [0.25, 0.3) is 0 Å². The summed E-state index contributed by atoms with van der Waals surface area (Å²) < 4.78 is 14.1. The topological polar surface area (TPSA) is 24.9 Å². The average molecular weight is 264 g/mol. The van der Waals surface area contributed by atoms with Gasteiger partial charge in [-0.3, -0.25) is 0 Å². The Kier molecular flexibility index (Phi) is 2.87. The average Bonchev–Trinajstić information content (AvgIpc) is 2.70. The molecular formula is C14H17FN2S. The van der Waals surface area contributed by atoms with E-state index in [1.54, 1.807) is 23.5 Å². The Hall–Kier alpha value is -1.000. The zero-order chi connectivity index (χ0) is 12.8. The van der Waals surface area contributed by atoms with Gasteiger partial charge in [-0.2, -0.15) is 0 Å². The molecule has 2 aromatic rings. The molecule has 2 nitrogen and oxygen atoms in total. The molecule has 1 aliphatic rings. The third-order valence-corrected chi connectivity index (χ3v) is 4.82. The Bertz CT molecular complexity index is 576. The maximum atomic E-state index is 13.2. The molecule has 0 amide bonds. The van der Waals surface area contributed by atoms with E-state index in [0.29, 0.717) is 0 Å². The van der Waals surface area contributed by atoms with E-state index >= 15 is 0 Å². The molecule has 3 rings (SSSR count). The second-order valence-corrected chi connectivity index (χ2v) is 6.71. The van der Waals surface area contributed by atoms with Gasteiger partial charge in [0.1, 0.15) is 10.8 Å². The van der Waals surface area contributed by atoms with E-state index in [1.807, 2.05) is 0 Å². The minimum Gasteiger partial charge on any atom is -0.307 e. The largest absolute Gasteiger partial charge is 0.307 e. The van der Waals surface area contributed by atoms with Crippen molar-refractivity contribution in [2.24, 2.45) is 5.41 Å². The Morgan fingerprint density at radius 1 is 1.44 bits per heavy atom. The van der Waals surface area contributed by atoms with Crippen LogP contribution in [0.4, 0.5) is 4.39 Å². The molecule has 96 valence electrons. The molecule has 0 saturated carbocycles. The molecule has 1 N–H and O–H groups in total. The predicted octanol–water partition coefficient (Wildman–Crippen LogP) is 3.89. The normalized spacial score (nSPS) is 23.4. The van der Waals surface area contributed by atoms with Crippen LogP contribution in [0.15, 0.2) is 18.2 Å². The standard InChI is InChI=1S/C14H17FN2S/c1-14(2)6-3-7-16-12(14)13-17-10-5-4-9(15)8-11(10)18-13/h4-5,8,12,16H,3,6-7H2,1-2H3. The molecule has 1 aromatic heterocycles. The van der Waals surface area contributed by atoms with Gasteiger partial charge in [-0.1, -0.05) is 13.8 Å². The Morgan fingerprint density at radius 2 is 2.28 bits per heavy atom. The van der Waals surface area contributed by atoms with Crippen LogP contribution in [0.3, 0.4) is 0 Å². The number of rotatable bonds is 1. The maximum Gasteiger partial charge on any atom is 0.124 e. The van der Waals surface area contributed by atoms with Crippen LogP contribution < -0.4 is 5.32 Å². The van der Waals surface area contributed by atoms with Gasteiger partial charge in [0, 0.05) is 0 Å². The van der Waals surface area contributed by atoms with E-state index in [4.69, 9.17) is 0 Å². The number of hydrogen-bond donors (Lipinski definition) is 1. The fourth-order valence-corrected chi connectivity index (χ4v) is 3.95. The summed E-state index contributed by atoms with van der Waals surface area (Å²) in [5, 5.41) is 4.64. The lowest BCUT2D eigenvalue weighted by Crippen LogP contribution is -2.39. The molecule has 0 bridgehead atoms. The SMILES string of the molecule is CC1(C)CCCNC1c1nc2ccc(F)cc2s1. The van der Waals surface area contributed by atoms with Crippen LogP contribution in [-0.4, -0.2) is 11.5 Å². The number of halogens is 1. The van der Waals surface area contributed by atoms with E-state index in [1.165, 1.54) is 18.9 Å². The van der Waals surface area contributed by atoms with Gasteiger partial charge in [-0.05, 0) is 43.0 Å². The minimum absolute atomic E-state index is 0.187. The number of piperidine rings is 1. The lowest BCUT2D eigenvalue weighted by molar-refractivity contribution is 0.181. The van der Waals surface area contributed by atoms with E-state index in [2.05, 4.69) is 24.1 Å². The number of nitrogens with zero attached hydrogens (tertiary/aromatic N) is 1. The first-order valence-electron chi connectivity index (χ1n) is 6.36. The number of thiazole rings is 1. The van der Waals surface area contributed by atoms with Gasteiger partial charge in [0.15, 0.2) is 0 Å². The Labute approximate surface area is 110 Å². The van der Waals surface area contributed by atoms with Crippen LogP contribution in [-0.2, 0) is 0 Å². The minimum atomic E-state index is -0.187. The fraction of sp³-hybridized carbons (Fsp3) is 0.500. The summed E-state index contributed by atoms with van der Waals surface area (Å²) in [4.78, 5) is 4.66. The van der Waals surface area contributed by atoms with Crippen molar-refractivity contribution >= 4 is 21.6 Å². The van der Waals surface area contributed by atoms with Crippen LogP contribution in [0, 0.1) is 11.2 Å². The van der Waals surface area contributed by atoms with E-state index in [9.17, 15) is 4.39 Å². The van der Waals surface area contributed by atoms with Crippen LogP contribution >= 0.6 is 11.3 Å². The fourth-order valence-electron chi connectivity index (χ4n) is 2.67. The highest BCUT2D eigenvalue weighted by Gasteiger charge is 2.35. The quantitative estimate of drug-likeness (QED) is 0.845. The van der Waals surface area contributed by atoms with Crippen molar-refractivity contribution in [3.8, 4) is 0 Å². The summed E-state index contributed by atoms with van der Waals surface area (Å²) in [6.07, 6.45) is 2.41. The first-order valence-corrected chi connectivity index (χ1v) is 7.17. The number of fused-ring (bicyclic) bond motifs is 1. The molecule has 1 fully saturated rings.